The number of ether oxygens (including phenoxy) is 1. The van der Waals surface area contributed by atoms with Gasteiger partial charge in [-0.3, -0.25) is 13.9 Å². The molecule has 0 aliphatic carbocycles. The number of nitrogens with zero attached hydrogens (tertiary/aromatic N) is 2. The fourth-order valence-corrected chi connectivity index (χ4v) is 6.05. The molecule has 42 heavy (non-hydrogen) atoms. The van der Waals surface area contributed by atoms with Crippen LogP contribution in [0.1, 0.15) is 12.5 Å². The average molecular weight is 581 g/mol. The van der Waals surface area contributed by atoms with Crippen LogP contribution in [0.3, 0.4) is 0 Å². The van der Waals surface area contributed by atoms with Gasteiger partial charge in [0.15, 0.2) is 0 Å². The monoisotopic (exact) mass is 580 g/mol. The van der Waals surface area contributed by atoms with E-state index in [4.69, 9.17) is 4.74 Å². The smallest absolute Gasteiger partial charge is 0.264 e. The maximum atomic E-state index is 13.7. The minimum absolute atomic E-state index is 0.0500. The highest BCUT2D eigenvalue weighted by Gasteiger charge is 2.27. The number of hydrogen-bond donors (Lipinski definition) is 2. The van der Waals surface area contributed by atoms with Crippen molar-refractivity contribution in [2.24, 2.45) is 5.10 Å². The summed E-state index contributed by atoms with van der Waals surface area (Å²) in [6.07, 6.45) is 1.58. The summed E-state index contributed by atoms with van der Waals surface area (Å²) in [6, 6.07) is 29.9. The molecule has 0 radical (unpaired) electrons. The molecule has 0 aromatic heterocycles. The summed E-state index contributed by atoms with van der Waals surface area (Å²) in [5, 5.41) is 10.8. The molecule has 0 bridgehead atoms. The molecule has 9 nitrogen and oxygen atoms in total. The molecule has 2 amide bonds. The molecular formula is C32H28N4O5S. The first-order valence-electron chi connectivity index (χ1n) is 13.0. The van der Waals surface area contributed by atoms with Crippen LogP contribution in [0.4, 0.5) is 11.4 Å². The second-order valence-electron chi connectivity index (χ2n) is 9.44. The number of rotatable bonds is 9. The Balaban J connectivity index is 1.43. The number of methoxy groups -OCH3 is 1. The predicted molar refractivity (Wildman–Crippen MR) is 165 cm³/mol. The topological polar surface area (TPSA) is 117 Å². The van der Waals surface area contributed by atoms with E-state index in [9.17, 15) is 18.0 Å². The van der Waals surface area contributed by atoms with Gasteiger partial charge in [-0.25, -0.2) is 13.8 Å². The minimum Gasteiger partial charge on any atom is -0.497 e. The molecule has 212 valence electrons. The molecule has 10 heteroatoms. The maximum absolute atomic E-state index is 13.7. The minimum atomic E-state index is -4.18. The normalized spacial score (nSPS) is 11.5. The van der Waals surface area contributed by atoms with Gasteiger partial charge in [0.05, 0.1) is 23.9 Å². The third kappa shape index (κ3) is 6.08. The van der Waals surface area contributed by atoms with Gasteiger partial charge in [-0.05, 0) is 76.1 Å². The van der Waals surface area contributed by atoms with E-state index in [2.05, 4.69) is 21.9 Å². The van der Waals surface area contributed by atoms with Crippen LogP contribution < -0.4 is 19.8 Å². The SMILES string of the molecule is COc1ccc(N(CC(=O)N/N=C\c2c3ccccc3cc3ccccc23)S(=O)(=O)c2ccc(NC(C)=O)cc2)cc1. The van der Waals surface area contributed by atoms with Crippen molar-refractivity contribution >= 4 is 61.0 Å². The zero-order valence-electron chi connectivity index (χ0n) is 22.9. The van der Waals surface area contributed by atoms with Crippen molar-refractivity contribution in [1.82, 2.24) is 5.43 Å². The molecule has 0 heterocycles. The number of fused-ring (bicyclic) bond motifs is 2. The number of hydrogen-bond acceptors (Lipinski definition) is 6. The Hall–Kier alpha value is -5.22. The highest BCUT2D eigenvalue weighted by molar-refractivity contribution is 7.92. The fourth-order valence-electron chi connectivity index (χ4n) is 4.63. The molecule has 0 saturated heterocycles. The van der Waals surface area contributed by atoms with Crippen molar-refractivity contribution in [3.05, 3.63) is 109 Å². The average Bonchev–Trinajstić information content (AvgIpc) is 2.99. The van der Waals surface area contributed by atoms with Crippen molar-refractivity contribution in [3.8, 4) is 5.75 Å². The fraction of sp³-hybridized carbons (Fsp3) is 0.0938. The standard InChI is InChI=1S/C32H28N4O5S/c1-22(37)34-25-11-17-28(18-12-25)42(39,40)36(26-13-15-27(41-2)16-14-26)21-32(38)35-33-20-31-29-9-5-3-7-23(29)19-24-8-4-6-10-30(24)31/h3-20H,21H2,1-2H3,(H,34,37)(H,35,38)/b33-20-. The lowest BCUT2D eigenvalue weighted by Crippen LogP contribution is -2.39. The first kappa shape index (κ1) is 28.3. The van der Waals surface area contributed by atoms with Crippen molar-refractivity contribution in [3.63, 3.8) is 0 Å². The summed E-state index contributed by atoms with van der Waals surface area (Å²) in [4.78, 5) is 24.4. The number of amides is 2. The van der Waals surface area contributed by atoms with E-state index in [1.165, 1.54) is 38.3 Å². The van der Waals surface area contributed by atoms with E-state index in [0.717, 1.165) is 31.4 Å². The van der Waals surface area contributed by atoms with E-state index in [1.807, 2.05) is 48.5 Å². The van der Waals surface area contributed by atoms with Crippen molar-refractivity contribution in [2.45, 2.75) is 11.8 Å². The van der Waals surface area contributed by atoms with Crippen LogP contribution in [0.2, 0.25) is 0 Å². The zero-order chi connectivity index (χ0) is 29.7. The van der Waals surface area contributed by atoms with Gasteiger partial charge in [-0.15, -0.1) is 0 Å². The van der Waals surface area contributed by atoms with Gasteiger partial charge in [0.25, 0.3) is 15.9 Å². The number of sulfonamides is 1. The lowest BCUT2D eigenvalue weighted by atomic mass is 9.97. The number of anilines is 2. The maximum Gasteiger partial charge on any atom is 0.264 e. The second-order valence-corrected chi connectivity index (χ2v) is 11.3. The van der Waals surface area contributed by atoms with Crippen molar-refractivity contribution in [1.29, 1.82) is 0 Å². The molecule has 0 aliphatic rings. The molecular weight excluding hydrogens is 552 g/mol. The van der Waals surface area contributed by atoms with Gasteiger partial charge < -0.3 is 10.1 Å². The van der Waals surface area contributed by atoms with Gasteiger partial charge in [0.1, 0.15) is 12.3 Å². The number of carbonyl (C=O) groups is 2. The van der Waals surface area contributed by atoms with E-state index in [0.29, 0.717) is 11.4 Å². The summed E-state index contributed by atoms with van der Waals surface area (Å²) in [5.41, 5.74) is 4.04. The highest BCUT2D eigenvalue weighted by Crippen LogP contribution is 2.28. The van der Waals surface area contributed by atoms with Gasteiger partial charge >= 0.3 is 0 Å². The first-order valence-corrected chi connectivity index (χ1v) is 14.5. The quantitative estimate of drug-likeness (QED) is 0.139. The number of nitrogens with one attached hydrogen (secondary N) is 2. The Morgan fingerprint density at radius 1 is 0.857 bits per heavy atom. The summed E-state index contributed by atoms with van der Waals surface area (Å²) < 4.78 is 33.7. The lowest BCUT2D eigenvalue weighted by molar-refractivity contribution is -0.119. The third-order valence-electron chi connectivity index (χ3n) is 6.61. The Kier molecular flexibility index (Phi) is 8.16. The zero-order valence-corrected chi connectivity index (χ0v) is 23.8. The first-order chi connectivity index (χ1) is 20.3. The molecule has 0 atom stereocenters. The highest BCUT2D eigenvalue weighted by atomic mass is 32.2. The summed E-state index contributed by atoms with van der Waals surface area (Å²) >= 11 is 0. The van der Waals surface area contributed by atoms with Crippen molar-refractivity contribution < 1.29 is 22.7 Å². The largest absolute Gasteiger partial charge is 0.497 e. The molecule has 0 spiro atoms. The summed E-state index contributed by atoms with van der Waals surface area (Å²) in [7, 11) is -2.68. The van der Waals surface area contributed by atoms with Gasteiger partial charge in [0, 0.05) is 18.2 Å². The lowest BCUT2D eigenvalue weighted by Gasteiger charge is -2.24. The molecule has 5 rings (SSSR count). The van der Waals surface area contributed by atoms with Crippen LogP contribution in [0.25, 0.3) is 21.5 Å². The second kappa shape index (κ2) is 12.1. The Morgan fingerprint density at radius 2 is 1.45 bits per heavy atom. The van der Waals surface area contributed by atoms with Crippen LogP contribution >= 0.6 is 0 Å². The van der Waals surface area contributed by atoms with Crippen LogP contribution in [-0.2, 0) is 19.6 Å². The van der Waals surface area contributed by atoms with Gasteiger partial charge in [0.2, 0.25) is 5.91 Å². The summed E-state index contributed by atoms with van der Waals surface area (Å²) in [6.45, 7) is 0.829. The van der Waals surface area contributed by atoms with Crippen molar-refractivity contribution in [2.75, 3.05) is 23.3 Å². The predicted octanol–water partition coefficient (Wildman–Crippen LogP) is 5.31. The number of carbonyl (C=O) groups excluding carboxylic acids is 2. The molecule has 0 saturated carbocycles. The van der Waals surface area contributed by atoms with E-state index < -0.39 is 22.5 Å². The molecule has 5 aromatic carbocycles. The van der Waals surface area contributed by atoms with Crippen LogP contribution in [-0.4, -0.2) is 40.1 Å². The van der Waals surface area contributed by atoms with Gasteiger partial charge in [-0.2, -0.15) is 5.10 Å². The van der Waals surface area contributed by atoms with E-state index in [1.54, 1.807) is 30.5 Å². The Morgan fingerprint density at radius 3 is 2.02 bits per heavy atom. The van der Waals surface area contributed by atoms with Crippen LogP contribution in [0.15, 0.2) is 113 Å². The molecule has 0 aliphatic heterocycles. The van der Waals surface area contributed by atoms with E-state index >= 15 is 0 Å². The van der Waals surface area contributed by atoms with Crippen LogP contribution in [0, 0.1) is 0 Å². The Labute approximate surface area is 243 Å². The Bertz CT molecular complexity index is 1850. The number of hydrazone groups is 1. The molecule has 0 fully saturated rings. The molecule has 0 unspecified atom stereocenters. The summed E-state index contributed by atoms with van der Waals surface area (Å²) in [5.74, 6) is -0.378. The van der Waals surface area contributed by atoms with Gasteiger partial charge in [-0.1, -0.05) is 48.5 Å². The van der Waals surface area contributed by atoms with E-state index in [-0.39, 0.29) is 16.5 Å². The number of benzene rings is 5. The van der Waals surface area contributed by atoms with Crippen LogP contribution in [0.5, 0.6) is 5.75 Å². The molecule has 5 aromatic rings. The third-order valence-corrected chi connectivity index (χ3v) is 8.39. The molecule has 2 N–H and O–H groups in total.